The molecule has 0 spiro atoms. The Morgan fingerprint density at radius 1 is 1.00 bits per heavy atom. The van der Waals surface area contributed by atoms with Gasteiger partial charge in [-0.25, -0.2) is 0 Å². The number of hydrogen-bond donors (Lipinski definition) is 1. The fourth-order valence-corrected chi connectivity index (χ4v) is 3.17. The molecule has 1 saturated heterocycles. The van der Waals surface area contributed by atoms with Gasteiger partial charge in [-0.05, 0) is 68.9 Å². The Morgan fingerprint density at radius 2 is 1.61 bits per heavy atom. The highest BCUT2D eigenvalue weighted by Gasteiger charge is 2.24. The van der Waals surface area contributed by atoms with E-state index in [0.717, 1.165) is 30.0 Å². The molecule has 0 radical (unpaired) electrons. The Hall–Kier alpha value is -0.970. The zero-order valence-corrected chi connectivity index (χ0v) is 15.0. The van der Waals surface area contributed by atoms with Crippen LogP contribution < -0.4 is 14.8 Å². The lowest BCUT2D eigenvalue weighted by Crippen LogP contribution is -2.42. The number of piperidine rings is 1. The number of methoxy groups -OCH3 is 2. The molecule has 0 atom stereocenters. The lowest BCUT2D eigenvalue weighted by Gasteiger charge is -2.32. The number of nitrogens with one attached hydrogen (secondary N) is 1. The Kier molecular flexibility index (Phi) is 7.00. The first-order valence-corrected chi connectivity index (χ1v) is 8.44. The molecule has 2 aliphatic rings. The summed E-state index contributed by atoms with van der Waals surface area (Å²) in [6.07, 6.45) is 5.38. The molecule has 2 fully saturated rings. The van der Waals surface area contributed by atoms with E-state index in [4.69, 9.17) is 9.47 Å². The van der Waals surface area contributed by atoms with E-state index in [9.17, 15) is 0 Å². The minimum Gasteiger partial charge on any atom is -0.497 e. The van der Waals surface area contributed by atoms with E-state index in [1.165, 1.54) is 50.9 Å². The zero-order chi connectivity index (χ0) is 15.4. The number of ether oxygens (including phenoxy) is 2. The van der Waals surface area contributed by atoms with Crippen molar-refractivity contribution in [3.8, 4) is 11.5 Å². The summed E-state index contributed by atoms with van der Waals surface area (Å²) >= 11 is 0. The van der Waals surface area contributed by atoms with Gasteiger partial charge in [-0.1, -0.05) is 0 Å². The number of likely N-dealkylation sites (tertiary alicyclic amines) is 1. The van der Waals surface area contributed by atoms with Crippen LogP contribution in [-0.2, 0) is 6.54 Å². The van der Waals surface area contributed by atoms with E-state index in [0.29, 0.717) is 0 Å². The smallest absolute Gasteiger partial charge is 0.122 e. The van der Waals surface area contributed by atoms with Crippen LogP contribution >= 0.6 is 12.4 Å². The summed E-state index contributed by atoms with van der Waals surface area (Å²) in [6, 6.07) is 6.87. The molecule has 5 heteroatoms. The SMILES string of the molecule is COc1cc(CN2CCC(NCC3CC3)CC2)cc(OC)c1.Cl. The Labute approximate surface area is 145 Å². The van der Waals surface area contributed by atoms with Crippen LogP contribution in [0.25, 0.3) is 0 Å². The third-order valence-electron chi connectivity index (χ3n) is 4.80. The van der Waals surface area contributed by atoms with Crippen LogP contribution in [0.3, 0.4) is 0 Å². The number of nitrogens with zero attached hydrogens (tertiary/aromatic N) is 1. The van der Waals surface area contributed by atoms with Gasteiger partial charge in [0.05, 0.1) is 14.2 Å². The van der Waals surface area contributed by atoms with E-state index in [1.54, 1.807) is 14.2 Å². The quantitative estimate of drug-likeness (QED) is 0.827. The maximum Gasteiger partial charge on any atom is 0.122 e. The van der Waals surface area contributed by atoms with Crippen LogP contribution in [0.4, 0.5) is 0 Å². The molecule has 0 bridgehead atoms. The molecular formula is C18H29ClN2O2. The lowest BCUT2D eigenvalue weighted by atomic mass is 10.0. The second-order valence-corrected chi connectivity index (χ2v) is 6.62. The van der Waals surface area contributed by atoms with Crippen molar-refractivity contribution in [2.24, 2.45) is 5.92 Å². The zero-order valence-electron chi connectivity index (χ0n) is 14.2. The maximum atomic E-state index is 5.36. The van der Waals surface area contributed by atoms with E-state index in [-0.39, 0.29) is 12.4 Å². The van der Waals surface area contributed by atoms with Gasteiger partial charge in [0.1, 0.15) is 11.5 Å². The fraction of sp³-hybridized carbons (Fsp3) is 0.667. The van der Waals surface area contributed by atoms with Crippen LogP contribution in [0, 0.1) is 5.92 Å². The highest BCUT2D eigenvalue weighted by atomic mass is 35.5. The van der Waals surface area contributed by atoms with Gasteiger partial charge in [0.2, 0.25) is 0 Å². The molecule has 0 amide bonds. The average molecular weight is 341 g/mol. The normalized spacial score (nSPS) is 19.2. The minimum absolute atomic E-state index is 0. The molecule has 0 unspecified atom stereocenters. The van der Waals surface area contributed by atoms with Crippen molar-refractivity contribution in [2.75, 3.05) is 33.9 Å². The molecule has 23 heavy (non-hydrogen) atoms. The monoisotopic (exact) mass is 340 g/mol. The molecular weight excluding hydrogens is 312 g/mol. The summed E-state index contributed by atoms with van der Waals surface area (Å²) < 4.78 is 10.7. The molecule has 1 aliphatic carbocycles. The van der Waals surface area contributed by atoms with Crippen LogP contribution in [0.5, 0.6) is 11.5 Å². The molecule has 1 saturated carbocycles. The van der Waals surface area contributed by atoms with Crippen LogP contribution in [-0.4, -0.2) is 44.8 Å². The first-order valence-electron chi connectivity index (χ1n) is 8.44. The number of halogens is 1. The number of hydrogen-bond acceptors (Lipinski definition) is 4. The van der Waals surface area contributed by atoms with Crippen molar-refractivity contribution in [1.82, 2.24) is 10.2 Å². The Bertz CT molecular complexity index is 464. The third-order valence-corrected chi connectivity index (χ3v) is 4.80. The number of benzene rings is 1. The summed E-state index contributed by atoms with van der Waals surface area (Å²) in [6.45, 7) is 4.55. The molecule has 3 rings (SSSR count). The van der Waals surface area contributed by atoms with Crippen molar-refractivity contribution in [1.29, 1.82) is 0 Å². The summed E-state index contributed by atoms with van der Waals surface area (Å²) in [5, 5.41) is 3.74. The first kappa shape index (κ1) is 18.4. The van der Waals surface area contributed by atoms with Gasteiger partial charge in [-0.15, -0.1) is 12.4 Å². The molecule has 1 aliphatic heterocycles. The lowest BCUT2D eigenvalue weighted by molar-refractivity contribution is 0.190. The molecule has 1 aromatic rings. The molecule has 0 aromatic heterocycles. The largest absolute Gasteiger partial charge is 0.497 e. The predicted molar refractivity (Wildman–Crippen MR) is 95.8 cm³/mol. The average Bonchev–Trinajstić information content (AvgIpc) is 3.38. The number of rotatable bonds is 7. The van der Waals surface area contributed by atoms with Gasteiger partial charge < -0.3 is 14.8 Å². The highest BCUT2D eigenvalue weighted by molar-refractivity contribution is 5.85. The van der Waals surface area contributed by atoms with E-state index >= 15 is 0 Å². The van der Waals surface area contributed by atoms with Gasteiger partial charge in [0, 0.05) is 18.7 Å². The molecule has 1 aromatic carbocycles. The van der Waals surface area contributed by atoms with Gasteiger partial charge in [0.25, 0.3) is 0 Å². The second kappa shape index (κ2) is 8.76. The Morgan fingerprint density at radius 3 is 2.13 bits per heavy atom. The highest BCUT2D eigenvalue weighted by Crippen LogP contribution is 2.28. The second-order valence-electron chi connectivity index (χ2n) is 6.62. The minimum atomic E-state index is 0. The summed E-state index contributed by atoms with van der Waals surface area (Å²) in [7, 11) is 3.41. The van der Waals surface area contributed by atoms with Gasteiger partial charge in [0.15, 0.2) is 0 Å². The summed E-state index contributed by atoms with van der Waals surface area (Å²) in [5.41, 5.74) is 1.26. The first-order chi connectivity index (χ1) is 10.8. The Balaban J connectivity index is 0.00000192. The molecule has 1 heterocycles. The van der Waals surface area contributed by atoms with Crippen LogP contribution in [0.1, 0.15) is 31.2 Å². The van der Waals surface area contributed by atoms with Crippen molar-refractivity contribution in [3.63, 3.8) is 0 Å². The molecule has 1 N–H and O–H groups in total. The van der Waals surface area contributed by atoms with Crippen molar-refractivity contribution < 1.29 is 9.47 Å². The predicted octanol–water partition coefficient (Wildman–Crippen LogP) is 3.09. The van der Waals surface area contributed by atoms with Crippen molar-refractivity contribution >= 4 is 12.4 Å². The molecule has 130 valence electrons. The van der Waals surface area contributed by atoms with E-state index < -0.39 is 0 Å². The third kappa shape index (κ3) is 5.55. The standard InChI is InChI=1S/C18H28N2O2.ClH/c1-21-17-9-15(10-18(11-17)22-2)13-20-7-5-16(6-8-20)19-12-14-3-4-14;/h9-11,14,16,19H,3-8,12-13H2,1-2H3;1H. The maximum absolute atomic E-state index is 5.36. The summed E-state index contributed by atoms with van der Waals surface area (Å²) in [4.78, 5) is 2.53. The van der Waals surface area contributed by atoms with Crippen LogP contribution in [0.15, 0.2) is 18.2 Å². The van der Waals surface area contributed by atoms with Gasteiger partial charge in [-0.2, -0.15) is 0 Å². The van der Waals surface area contributed by atoms with Crippen molar-refractivity contribution in [3.05, 3.63) is 23.8 Å². The fourth-order valence-electron chi connectivity index (χ4n) is 3.17. The van der Waals surface area contributed by atoms with Crippen molar-refractivity contribution in [2.45, 2.75) is 38.3 Å². The van der Waals surface area contributed by atoms with E-state index in [1.807, 2.05) is 6.07 Å². The van der Waals surface area contributed by atoms with Gasteiger partial charge in [-0.3, -0.25) is 4.90 Å². The van der Waals surface area contributed by atoms with E-state index in [2.05, 4.69) is 22.3 Å². The topological polar surface area (TPSA) is 33.7 Å². The molecule has 4 nitrogen and oxygen atoms in total. The van der Waals surface area contributed by atoms with Gasteiger partial charge >= 0.3 is 0 Å². The summed E-state index contributed by atoms with van der Waals surface area (Å²) in [5.74, 6) is 2.72. The van der Waals surface area contributed by atoms with Crippen LogP contribution in [0.2, 0.25) is 0 Å².